The average molecular weight is 199 g/mol. The molecule has 0 N–H and O–H groups in total. The second kappa shape index (κ2) is 2.72. The molecule has 2 nitrogen and oxygen atoms in total. The number of hydrogen-bond acceptors (Lipinski definition) is 1. The molecule has 1 fully saturated rings. The zero-order valence-corrected chi connectivity index (χ0v) is 8.73. The van der Waals surface area contributed by atoms with Crippen molar-refractivity contribution in [2.24, 2.45) is 7.05 Å². The van der Waals surface area contributed by atoms with E-state index in [2.05, 4.69) is 29.0 Å². The van der Waals surface area contributed by atoms with Crippen LogP contribution < -0.4 is 0 Å². The standard InChI is InChI=1S/C13H13NO/c1-14-8-5-10-3-2-4-11(12(10)14)13(9-15)6-7-13/h2-5,8-9H,6-7H2,1H3. The summed E-state index contributed by atoms with van der Waals surface area (Å²) >= 11 is 0. The van der Waals surface area contributed by atoms with Gasteiger partial charge in [0.1, 0.15) is 6.29 Å². The Morgan fingerprint density at radius 2 is 2.13 bits per heavy atom. The van der Waals surface area contributed by atoms with E-state index in [9.17, 15) is 4.79 Å². The number of carbonyl (C=O) groups excluding carboxylic acids is 1. The fourth-order valence-corrected chi connectivity index (χ4v) is 2.34. The molecule has 0 saturated heterocycles. The van der Waals surface area contributed by atoms with Crippen LogP contribution in [0, 0.1) is 0 Å². The third-order valence-electron chi connectivity index (χ3n) is 3.45. The number of benzene rings is 1. The first-order valence-corrected chi connectivity index (χ1v) is 5.28. The molecule has 0 atom stereocenters. The summed E-state index contributed by atoms with van der Waals surface area (Å²) in [6.45, 7) is 0. The normalized spacial score (nSPS) is 17.9. The first kappa shape index (κ1) is 8.72. The summed E-state index contributed by atoms with van der Waals surface area (Å²) in [5.74, 6) is 0. The van der Waals surface area contributed by atoms with Crippen LogP contribution in [0.1, 0.15) is 18.4 Å². The summed E-state index contributed by atoms with van der Waals surface area (Å²) in [6.07, 6.45) is 5.17. The van der Waals surface area contributed by atoms with Gasteiger partial charge in [0, 0.05) is 13.2 Å². The highest BCUT2D eigenvalue weighted by Gasteiger charge is 2.45. The van der Waals surface area contributed by atoms with Crippen LogP contribution in [-0.2, 0) is 17.3 Å². The summed E-state index contributed by atoms with van der Waals surface area (Å²) in [5, 5.41) is 1.23. The Bertz CT molecular complexity index is 534. The molecule has 1 aromatic carbocycles. The van der Waals surface area contributed by atoms with Gasteiger partial charge in [-0.3, -0.25) is 0 Å². The van der Waals surface area contributed by atoms with E-state index >= 15 is 0 Å². The molecule has 0 radical (unpaired) electrons. The molecule has 15 heavy (non-hydrogen) atoms. The van der Waals surface area contributed by atoms with Gasteiger partial charge in [-0.1, -0.05) is 18.2 Å². The Balaban J connectivity index is 2.34. The first-order chi connectivity index (χ1) is 7.27. The van der Waals surface area contributed by atoms with Gasteiger partial charge in [-0.05, 0) is 29.9 Å². The van der Waals surface area contributed by atoms with Crippen molar-refractivity contribution in [3.63, 3.8) is 0 Å². The molecule has 0 aliphatic heterocycles. The summed E-state index contributed by atoms with van der Waals surface area (Å²) in [7, 11) is 2.03. The van der Waals surface area contributed by atoms with Gasteiger partial charge < -0.3 is 9.36 Å². The van der Waals surface area contributed by atoms with Gasteiger partial charge in [0.15, 0.2) is 0 Å². The van der Waals surface area contributed by atoms with Gasteiger partial charge >= 0.3 is 0 Å². The van der Waals surface area contributed by atoms with E-state index in [-0.39, 0.29) is 5.41 Å². The van der Waals surface area contributed by atoms with Gasteiger partial charge in [-0.2, -0.15) is 0 Å². The Labute approximate surface area is 88.5 Å². The molecular formula is C13H13NO. The largest absolute Gasteiger partial charge is 0.350 e. The number of aromatic nitrogens is 1. The predicted octanol–water partition coefficient (Wildman–Crippen LogP) is 2.41. The Kier molecular flexibility index (Phi) is 1.58. The molecule has 1 aliphatic rings. The van der Waals surface area contributed by atoms with E-state index in [4.69, 9.17) is 0 Å². The minimum absolute atomic E-state index is 0.175. The molecular weight excluding hydrogens is 186 g/mol. The second-order valence-corrected chi connectivity index (χ2v) is 4.44. The van der Waals surface area contributed by atoms with E-state index in [1.54, 1.807) is 0 Å². The highest BCUT2D eigenvalue weighted by Crippen LogP contribution is 2.48. The van der Waals surface area contributed by atoms with Crippen LogP contribution in [0.2, 0.25) is 0 Å². The van der Waals surface area contributed by atoms with E-state index in [1.165, 1.54) is 16.5 Å². The smallest absolute Gasteiger partial charge is 0.130 e. The van der Waals surface area contributed by atoms with Crippen molar-refractivity contribution in [3.05, 3.63) is 36.0 Å². The fraction of sp³-hybridized carbons (Fsp3) is 0.308. The van der Waals surface area contributed by atoms with Crippen LogP contribution in [0.25, 0.3) is 10.9 Å². The van der Waals surface area contributed by atoms with Crippen molar-refractivity contribution >= 4 is 17.2 Å². The van der Waals surface area contributed by atoms with E-state index in [0.29, 0.717) is 0 Å². The van der Waals surface area contributed by atoms with Crippen LogP contribution in [-0.4, -0.2) is 10.9 Å². The number of rotatable bonds is 2. The quantitative estimate of drug-likeness (QED) is 0.681. The highest BCUT2D eigenvalue weighted by molar-refractivity contribution is 5.89. The zero-order chi connectivity index (χ0) is 10.5. The van der Waals surface area contributed by atoms with Crippen molar-refractivity contribution in [2.45, 2.75) is 18.3 Å². The van der Waals surface area contributed by atoms with Crippen LogP contribution in [0.15, 0.2) is 30.5 Å². The molecule has 1 saturated carbocycles. The number of fused-ring (bicyclic) bond motifs is 1. The van der Waals surface area contributed by atoms with Crippen molar-refractivity contribution < 1.29 is 4.79 Å². The minimum Gasteiger partial charge on any atom is -0.350 e. The topological polar surface area (TPSA) is 22.0 Å². The molecule has 2 aromatic rings. The third kappa shape index (κ3) is 1.08. The number of aryl methyl sites for hydroxylation is 1. The van der Waals surface area contributed by atoms with Gasteiger partial charge in [0.2, 0.25) is 0 Å². The first-order valence-electron chi connectivity index (χ1n) is 5.28. The number of nitrogens with zero attached hydrogens (tertiary/aromatic N) is 1. The lowest BCUT2D eigenvalue weighted by molar-refractivity contribution is -0.109. The number of aldehydes is 1. The number of para-hydroxylation sites is 1. The lowest BCUT2D eigenvalue weighted by atomic mass is 9.95. The monoisotopic (exact) mass is 199 g/mol. The third-order valence-corrected chi connectivity index (χ3v) is 3.45. The Morgan fingerprint density at radius 1 is 1.33 bits per heavy atom. The van der Waals surface area contributed by atoms with Gasteiger partial charge in [0.25, 0.3) is 0 Å². The SMILES string of the molecule is Cn1ccc2cccc(C3(C=O)CC3)c21. The molecule has 76 valence electrons. The average Bonchev–Trinajstić information content (AvgIpc) is 2.98. The maximum absolute atomic E-state index is 11.2. The number of carbonyl (C=O) groups is 1. The molecule has 0 unspecified atom stereocenters. The van der Waals surface area contributed by atoms with Crippen LogP contribution >= 0.6 is 0 Å². The van der Waals surface area contributed by atoms with Crippen LogP contribution in [0.3, 0.4) is 0 Å². The van der Waals surface area contributed by atoms with Gasteiger partial charge in [0.05, 0.1) is 10.9 Å². The van der Waals surface area contributed by atoms with Crippen molar-refractivity contribution in [1.29, 1.82) is 0 Å². The van der Waals surface area contributed by atoms with Crippen LogP contribution in [0.4, 0.5) is 0 Å². The summed E-state index contributed by atoms with van der Waals surface area (Å²) < 4.78 is 2.11. The Hall–Kier alpha value is -1.57. The Morgan fingerprint density at radius 3 is 2.80 bits per heavy atom. The molecule has 1 aliphatic carbocycles. The summed E-state index contributed by atoms with van der Waals surface area (Å²) in [6, 6.07) is 8.32. The van der Waals surface area contributed by atoms with Gasteiger partial charge in [-0.25, -0.2) is 0 Å². The molecule has 1 heterocycles. The van der Waals surface area contributed by atoms with Crippen LogP contribution in [0.5, 0.6) is 0 Å². The zero-order valence-electron chi connectivity index (χ0n) is 8.73. The number of hydrogen-bond donors (Lipinski definition) is 0. The summed E-state index contributed by atoms with van der Waals surface area (Å²) in [5.41, 5.74) is 2.23. The lowest BCUT2D eigenvalue weighted by Gasteiger charge is -2.10. The molecule has 3 rings (SSSR count). The molecule has 2 heteroatoms. The molecule has 0 bridgehead atoms. The maximum Gasteiger partial charge on any atom is 0.130 e. The molecule has 0 amide bonds. The molecule has 1 aromatic heterocycles. The van der Waals surface area contributed by atoms with Crippen molar-refractivity contribution in [1.82, 2.24) is 4.57 Å². The minimum atomic E-state index is -0.175. The maximum atomic E-state index is 11.2. The fourth-order valence-electron chi connectivity index (χ4n) is 2.34. The summed E-state index contributed by atoms with van der Waals surface area (Å²) in [4.78, 5) is 11.2. The lowest BCUT2D eigenvalue weighted by Crippen LogP contribution is -2.09. The second-order valence-electron chi connectivity index (χ2n) is 4.44. The van der Waals surface area contributed by atoms with Gasteiger partial charge in [-0.15, -0.1) is 0 Å². The van der Waals surface area contributed by atoms with Crippen molar-refractivity contribution in [2.75, 3.05) is 0 Å². The highest BCUT2D eigenvalue weighted by atomic mass is 16.1. The predicted molar refractivity (Wildman–Crippen MR) is 59.9 cm³/mol. The van der Waals surface area contributed by atoms with Crippen molar-refractivity contribution in [3.8, 4) is 0 Å². The van der Waals surface area contributed by atoms with E-state index in [1.807, 2.05) is 13.1 Å². The molecule has 0 spiro atoms. The van der Waals surface area contributed by atoms with E-state index in [0.717, 1.165) is 19.1 Å². The van der Waals surface area contributed by atoms with E-state index < -0.39 is 0 Å².